The lowest BCUT2D eigenvalue weighted by Crippen LogP contribution is -2.22. The number of rotatable bonds is 2. The number of amides is 4. The van der Waals surface area contributed by atoms with Gasteiger partial charge in [-0.1, -0.05) is 0 Å². The van der Waals surface area contributed by atoms with Gasteiger partial charge in [0.15, 0.2) is 0 Å². The summed E-state index contributed by atoms with van der Waals surface area (Å²) in [6, 6.07) is -1.48. The minimum Gasteiger partial charge on any atom is -0.351 e. The van der Waals surface area contributed by atoms with E-state index in [1.54, 1.807) is 0 Å². The molecule has 8 heteroatoms. The van der Waals surface area contributed by atoms with Crippen molar-refractivity contribution in [3.8, 4) is 0 Å². The summed E-state index contributed by atoms with van der Waals surface area (Å²) in [4.78, 5) is 28.1. The quantitative estimate of drug-likeness (QED) is 0.504. The number of nitrogens with zero attached hydrogens (tertiary/aromatic N) is 2. The first-order valence-corrected chi connectivity index (χ1v) is 3.53. The molecule has 1 aromatic heterocycles. The number of carbonyl (C=O) groups is 2. The fourth-order valence-electron chi connectivity index (χ4n) is 0.710. The molecule has 0 aromatic carbocycles. The van der Waals surface area contributed by atoms with Gasteiger partial charge in [-0.05, 0) is 0 Å². The highest BCUT2D eigenvalue weighted by molar-refractivity contribution is 5.88. The summed E-state index contributed by atoms with van der Waals surface area (Å²) < 4.78 is 0. The largest absolute Gasteiger partial charge is 0.351 e. The van der Waals surface area contributed by atoms with Gasteiger partial charge in [0.05, 0.1) is 18.1 Å². The summed E-state index contributed by atoms with van der Waals surface area (Å²) >= 11 is 0. The summed E-state index contributed by atoms with van der Waals surface area (Å²) in [5.74, 6) is 0.0486. The van der Waals surface area contributed by atoms with Crippen LogP contribution in [0.3, 0.4) is 0 Å². The highest BCUT2D eigenvalue weighted by Gasteiger charge is 2.00. The summed E-state index contributed by atoms with van der Waals surface area (Å²) in [7, 11) is 0. The lowest BCUT2D eigenvalue weighted by molar-refractivity contribution is 0.258. The molecule has 0 radical (unpaired) electrons. The predicted molar refractivity (Wildman–Crippen MR) is 48.4 cm³/mol. The molecule has 0 saturated carbocycles. The van der Waals surface area contributed by atoms with E-state index in [-0.39, 0.29) is 5.95 Å². The second-order valence-electron chi connectivity index (χ2n) is 2.27. The predicted octanol–water partition coefficient (Wildman–Crippen LogP) is -0.542. The molecule has 8 nitrogen and oxygen atoms in total. The Morgan fingerprint density at radius 3 is 2.00 bits per heavy atom. The van der Waals surface area contributed by atoms with Crippen molar-refractivity contribution in [1.29, 1.82) is 0 Å². The number of aromatic nitrogens is 2. The highest BCUT2D eigenvalue weighted by atomic mass is 16.2. The second-order valence-corrected chi connectivity index (χ2v) is 2.27. The number of nitrogens with one attached hydrogen (secondary N) is 2. The van der Waals surface area contributed by atoms with Crippen molar-refractivity contribution in [2.45, 2.75) is 0 Å². The van der Waals surface area contributed by atoms with Crippen LogP contribution < -0.4 is 22.1 Å². The van der Waals surface area contributed by atoms with Gasteiger partial charge in [0.25, 0.3) is 0 Å². The van der Waals surface area contributed by atoms with Crippen molar-refractivity contribution in [3.63, 3.8) is 0 Å². The van der Waals surface area contributed by atoms with Crippen molar-refractivity contribution in [2.24, 2.45) is 11.5 Å². The maximum Gasteiger partial charge on any atom is 0.319 e. The molecule has 0 aliphatic rings. The van der Waals surface area contributed by atoms with E-state index in [1.165, 1.54) is 12.4 Å². The molecule has 14 heavy (non-hydrogen) atoms. The van der Waals surface area contributed by atoms with Crippen LogP contribution >= 0.6 is 0 Å². The smallest absolute Gasteiger partial charge is 0.319 e. The average Bonchev–Trinajstić information content (AvgIpc) is 2.06. The van der Waals surface area contributed by atoms with Crippen LogP contribution in [0.4, 0.5) is 21.2 Å². The minimum absolute atomic E-state index is 0.0486. The number of urea groups is 2. The van der Waals surface area contributed by atoms with Crippen LogP contribution in [0.5, 0.6) is 0 Å². The molecule has 0 aliphatic heterocycles. The summed E-state index contributed by atoms with van der Waals surface area (Å²) in [6.07, 6.45) is 2.56. The van der Waals surface area contributed by atoms with Gasteiger partial charge < -0.3 is 16.8 Å². The van der Waals surface area contributed by atoms with E-state index in [4.69, 9.17) is 11.5 Å². The molecule has 0 unspecified atom stereocenters. The summed E-state index contributed by atoms with van der Waals surface area (Å²) in [5.41, 5.74) is 10.00. The molecule has 0 aliphatic carbocycles. The van der Waals surface area contributed by atoms with Crippen LogP contribution in [0.1, 0.15) is 0 Å². The van der Waals surface area contributed by atoms with Crippen LogP contribution in [-0.2, 0) is 0 Å². The molecule has 1 heterocycles. The van der Waals surface area contributed by atoms with Crippen molar-refractivity contribution >= 4 is 23.7 Å². The number of hydrogen-bond donors (Lipinski definition) is 4. The van der Waals surface area contributed by atoms with Gasteiger partial charge in [0, 0.05) is 0 Å². The average molecular weight is 196 g/mol. The Labute approximate surface area is 78.7 Å². The summed E-state index contributed by atoms with van der Waals surface area (Å²) in [5, 5.41) is 4.41. The standard InChI is InChI=1S/C6H8N6O2/c7-4(13)11-3-1-9-6(10-2-3)12-5(8)14/h1-2H,(H3,7,11,13)(H3,8,9,10,12,14). The molecule has 0 bridgehead atoms. The van der Waals surface area contributed by atoms with Gasteiger partial charge in [0.2, 0.25) is 5.95 Å². The minimum atomic E-state index is -0.763. The molecule has 4 amide bonds. The van der Waals surface area contributed by atoms with Crippen molar-refractivity contribution < 1.29 is 9.59 Å². The number of hydrogen-bond acceptors (Lipinski definition) is 4. The van der Waals surface area contributed by atoms with Gasteiger partial charge in [-0.2, -0.15) is 0 Å². The van der Waals surface area contributed by atoms with Crippen molar-refractivity contribution in [3.05, 3.63) is 12.4 Å². The van der Waals surface area contributed by atoms with Crippen LogP contribution in [0, 0.1) is 0 Å². The van der Waals surface area contributed by atoms with Crippen LogP contribution in [0.25, 0.3) is 0 Å². The Kier molecular flexibility index (Phi) is 2.79. The molecule has 0 spiro atoms. The first-order valence-electron chi connectivity index (χ1n) is 3.53. The van der Waals surface area contributed by atoms with Crippen molar-refractivity contribution in [2.75, 3.05) is 10.6 Å². The second kappa shape index (κ2) is 4.03. The van der Waals surface area contributed by atoms with E-state index in [9.17, 15) is 9.59 Å². The lowest BCUT2D eigenvalue weighted by Gasteiger charge is -2.01. The SMILES string of the molecule is NC(=O)Nc1cnc(NC(N)=O)nc1. The van der Waals surface area contributed by atoms with E-state index < -0.39 is 12.1 Å². The van der Waals surface area contributed by atoms with Crippen molar-refractivity contribution in [1.82, 2.24) is 9.97 Å². The number of nitrogens with two attached hydrogens (primary N) is 2. The number of primary amides is 2. The maximum atomic E-state index is 10.4. The zero-order valence-corrected chi connectivity index (χ0v) is 7.02. The Balaban J connectivity index is 2.68. The summed E-state index contributed by atoms with van der Waals surface area (Å²) in [6.45, 7) is 0. The van der Waals surface area contributed by atoms with Crippen LogP contribution in [0.15, 0.2) is 12.4 Å². The fourth-order valence-corrected chi connectivity index (χ4v) is 0.710. The molecule has 0 fully saturated rings. The van der Waals surface area contributed by atoms with E-state index in [0.717, 1.165) is 0 Å². The third-order valence-electron chi connectivity index (χ3n) is 1.15. The van der Waals surface area contributed by atoms with Crippen LogP contribution in [-0.4, -0.2) is 22.0 Å². The topological polar surface area (TPSA) is 136 Å². The zero-order valence-electron chi connectivity index (χ0n) is 7.02. The first-order chi connectivity index (χ1) is 6.58. The van der Waals surface area contributed by atoms with Gasteiger partial charge in [0.1, 0.15) is 0 Å². The molecule has 0 saturated heterocycles. The molecule has 0 atom stereocenters. The maximum absolute atomic E-state index is 10.4. The first kappa shape index (κ1) is 9.71. The Morgan fingerprint density at radius 1 is 1.07 bits per heavy atom. The van der Waals surface area contributed by atoms with E-state index in [1.807, 2.05) is 0 Å². The third-order valence-corrected chi connectivity index (χ3v) is 1.15. The Morgan fingerprint density at radius 2 is 1.57 bits per heavy atom. The zero-order chi connectivity index (χ0) is 10.6. The normalized spacial score (nSPS) is 9.14. The monoisotopic (exact) mass is 196 g/mol. The number of carbonyl (C=O) groups excluding carboxylic acids is 2. The lowest BCUT2D eigenvalue weighted by atomic mass is 10.5. The van der Waals surface area contributed by atoms with Gasteiger partial charge in [-0.3, -0.25) is 5.32 Å². The Bertz CT molecular complexity index is 313. The highest BCUT2D eigenvalue weighted by Crippen LogP contribution is 2.04. The van der Waals surface area contributed by atoms with Gasteiger partial charge in [-0.25, -0.2) is 19.6 Å². The van der Waals surface area contributed by atoms with Gasteiger partial charge in [-0.15, -0.1) is 0 Å². The molecule has 1 rings (SSSR count). The molecular weight excluding hydrogens is 188 g/mol. The van der Waals surface area contributed by atoms with E-state index in [2.05, 4.69) is 20.6 Å². The fraction of sp³-hybridized carbons (Fsp3) is 0. The van der Waals surface area contributed by atoms with Crippen LogP contribution in [0.2, 0.25) is 0 Å². The van der Waals surface area contributed by atoms with Gasteiger partial charge >= 0.3 is 12.1 Å². The molecular formula is C6H8N6O2. The molecule has 74 valence electrons. The van der Waals surface area contributed by atoms with E-state index >= 15 is 0 Å². The third kappa shape index (κ3) is 2.93. The van der Waals surface area contributed by atoms with E-state index in [0.29, 0.717) is 5.69 Å². The number of anilines is 2. The Hall–Kier alpha value is -2.38. The molecule has 6 N–H and O–H groups in total. The molecule has 1 aromatic rings.